The molecule has 1 aromatic carbocycles. The van der Waals surface area contributed by atoms with Gasteiger partial charge in [0.15, 0.2) is 0 Å². The third-order valence-corrected chi connectivity index (χ3v) is 2.30. The van der Waals surface area contributed by atoms with E-state index in [0.717, 1.165) is 6.42 Å². The molecular formula is C12H15FN2O2. The summed E-state index contributed by atoms with van der Waals surface area (Å²) in [6, 6.07) is 5.15. The lowest BCUT2D eigenvalue weighted by Crippen LogP contribution is -2.40. The van der Waals surface area contributed by atoms with Crippen molar-refractivity contribution < 1.29 is 14.0 Å². The lowest BCUT2D eigenvalue weighted by molar-refractivity contribution is -0.136. The van der Waals surface area contributed by atoms with E-state index in [1.54, 1.807) is 0 Å². The fourth-order valence-corrected chi connectivity index (χ4v) is 1.11. The number of amides is 2. The van der Waals surface area contributed by atoms with Gasteiger partial charge in [0.1, 0.15) is 5.82 Å². The molecule has 0 spiro atoms. The van der Waals surface area contributed by atoms with Gasteiger partial charge in [-0.15, -0.1) is 0 Å². The van der Waals surface area contributed by atoms with Crippen LogP contribution in [0.25, 0.3) is 0 Å². The van der Waals surface area contributed by atoms with E-state index in [1.165, 1.54) is 24.3 Å². The molecule has 17 heavy (non-hydrogen) atoms. The number of benzene rings is 1. The van der Waals surface area contributed by atoms with Crippen molar-refractivity contribution in [2.24, 2.45) is 0 Å². The molecule has 0 heterocycles. The van der Waals surface area contributed by atoms with Crippen molar-refractivity contribution in [1.29, 1.82) is 0 Å². The minimum absolute atomic E-state index is 0.0542. The summed E-state index contributed by atoms with van der Waals surface area (Å²) in [4.78, 5) is 22.8. The maximum atomic E-state index is 12.6. The Hall–Kier alpha value is -1.91. The van der Waals surface area contributed by atoms with Gasteiger partial charge in [0.25, 0.3) is 0 Å². The number of carbonyl (C=O) groups is 2. The predicted octanol–water partition coefficient (Wildman–Crippen LogP) is 1.68. The second-order valence-corrected chi connectivity index (χ2v) is 3.74. The fourth-order valence-electron chi connectivity index (χ4n) is 1.11. The predicted molar refractivity (Wildman–Crippen MR) is 62.9 cm³/mol. The minimum atomic E-state index is -0.753. The van der Waals surface area contributed by atoms with Gasteiger partial charge in [0, 0.05) is 11.7 Å². The van der Waals surface area contributed by atoms with Gasteiger partial charge in [0.2, 0.25) is 0 Å². The Morgan fingerprint density at radius 1 is 1.24 bits per heavy atom. The number of carbonyl (C=O) groups excluding carboxylic acids is 2. The van der Waals surface area contributed by atoms with Gasteiger partial charge in [-0.05, 0) is 37.6 Å². The van der Waals surface area contributed by atoms with E-state index in [-0.39, 0.29) is 6.04 Å². The van der Waals surface area contributed by atoms with E-state index in [1.807, 2.05) is 13.8 Å². The highest BCUT2D eigenvalue weighted by molar-refractivity contribution is 6.39. The van der Waals surface area contributed by atoms with Crippen LogP contribution in [0.5, 0.6) is 0 Å². The van der Waals surface area contributed by atoms with Crippen LogP contribution in [-0.4, -0.2) is 17.9 Å². The van der Waals surface area contributed by atoms with Crippen molar-refractivity contribution in [2.45, 2.75) is 26.3 Å². The third-order valence-electron chi connectivity index (χ3n) is 2.30. The number of anilines is 1. The van der Waals surface area contributed by atoms with Crippen LogP contribution in [0, 0.1) is 5.82 Å². The van der Waals surface area contributed by atoms with E-state index in [9.17, 15) is 14.0 Å². The molecule has 1 atom stereocenters. The molecule has 92 valence electrons. The standard InChI is InChI=1S/C12H15FN2O2/c1-3-8(2)14-11(16)12(17)15-10-6-4-9(13)5-7-10/h4-8H,3H2,1-2H3,(H,14,16)(H,15,17)/t8-/m1/s1. The SMILES string of the molecule is CC[C@@H](C)NC(=O)C(=O)Nc1ccc(F)cc1. The van der Waals surface area contributed by atoms with Crippen molar-refractivity contribution >= 4 is 17.5 Å². The van der Waals surface area contributed by atoms with Gasteiger partial charge in [0.05, 0.1) is 0 Å². The first-order valence-corrected chi connectivity index (χ1v) is 5.40. The molecule has 2 amide bonds. The summed E-state index contributed by atoms with van der Waals surface area (Å²) in [5, 5.41) is 4.92. The Morgan fingerprint density at radius 3 is 2.35 bits per heavy atom. The van der Waals surface area contributed by atoms with Crippen LogP contribution in [0.15, 0.2) is 24.3 Å². The van der Waals surface area contributed by atoms with E-state index in [4.69, 9.17) is 0 Å². The van der Waals surface area contributed by atoms with Crippen molar-refractivity contribution in [3.05, 3.63) is 30.1 Å². The number of hydrogen-bond donors (Lipinski definition) is 2. The van der Waals surface area contributed by atoms with Crippen LogP contribution in [-0.2, 0) is 9.59 Å². The molecule has 0 bridgehead atoms. The zero-order chi connectivity index (χ0) is 12.8. The Kier molecular flexibility index (Phi) is 4.63. The van der Waals surface area contributed by atoms with Gasteiger partial charge in [-0.1, -0.05) is 6.92 Å². The molecule has 0 radical (unpaired) electrons. The van der Waals surface area contributed by atoms with E-state index < -0.39 is 17.6 Å². The molecule has 4 nitrogen and oxygen atoms in total. The Morgan fingerprint density at radius 2 is 1.82 bits per heavy atom. The molecule has 0 fully saturated rings. The van der Waals surface area contributed by atoms with Crippen molar-refractivity contribution in [1.82, 2.24) is 5.32 Å². The van der Waals surface area contributed by atoms with Crippen molar-refractivity contribution in [3.8, 4) is 0 Å². The molecule has 1 rings (SSSR count). The quantitative estimate of drug-likeness (QED) is 0.787. The molecular weight excluding hydrogens is 223 g/mol. The molecule has 0 aliphatic heterocycles. The average Bonchev–Trinajstić information content (AvgIpc) is 2.31. The van der Waals surface area contributed by atoms with E-state index >= 15 is 0 Å². The van der Waals surface area contributed by atoms with Crippen LogP contribution in [0.4, 0.5) is 10.1 Å². The first kappa shape index (κ1) is 13.2. The first-order chi connectivity index (χ1) is 8.02. The number of nitrogens with one attached hydrogen (secondary N) is 2. The molecule has 0 saturated heterocycles. The van der Waals surface area contributed by atoms with Crippen LogP contribution in [0.3, 0.4) is 0 Å². The maximum absolute atomic E-state index is 12.6. The summed E-state index contributed by atoms with van der Waals surface area (Å²) in [6.07, 6.45) is 0.746. The normalized spacial score (nSPS) is 11.7. The van der Waals surface area contributed by atoms with Gasteiger partial charge in [-0.3, -0.25) is 9.59 Å². The van der Waals surface area contributed by atoms with Crippen LogP contribution >= 0.6 is 0 Å². The maximum Gasteiger partial charge on any atom is 0.313 e. The summed E-state index contributed by atoms with van der Waals surface area (Å²) in [5.41, 5.74) is 0.385. The van der Waals surface area contributed by atoms with E-state index in [2.05, 4.69) is 10.6 Å². The van der Waals surface area contributed by atoms with Gasteiger partial charge in [-0.2, -0.15) is 0 Å². The largest absolute Gasteiger partial charge is 0.345 e. The average molecular weight is 238 g/mol. The molecule has 0 unspecified atom stereocenters. The van der Waals surface area contributed by atoms with Crippen molar-refractivity contribution in [3.63, 3.8) is 0 Å². The van der Waals surface area contributed by atoms with Gasteiger partial charge >= 0.3 is 11.8 Å². The van der Waals surface area contributed by atoms with E-state index in [0.29, 0.717) is 5.69 Å². The molecule has 0 aromatic heterocycles. The zero-order valence-corrected chi connectivity index (χ0v) is 9.79. The minimum Gasteiger partial charge on any atom is -0.345 e. The Balaban J connectivity index is 2.54. The highest BCUT2D eigenvalue weighted by atomic mass is 19.1. The third kappa shape index (κ3) is 4.22. The summed E-state index contributed by atoms with van der Waals surface area (Å²) in [7, 11) is 0. The summed E-state index contributed by atoms with van der Waals surface area (Å²) >= 11 is 0. The lowest BCUT2D eigenvalue weighted by atomic mass is 10.2. The molecule has 0 aliphatic carbocycles. The smallest absolute Gasteiger partial charge is 0.313 e. The molecule has 1 aromatic rings. The number of hydrogen-bond acceptors (Lipinski definition) is 2. The fraction of sp³-hybridized carbons (Fsp3) is 0.333. The molecule has 0 aliphatic rings. The lowest BCUT2D eigenvalue weighted by Gasteiger charge is -2.11. The second-order valence-electron chi connectivity index (χ2n) is 3.74. The molecule has 0 saturated carbocycles. The summed E-state index contributed by atoms with van der Waals surface area (Å²) < 4.78 is 12.6. The summed E-state index contributed by atoms with van der Waals surface area (Å²) in [6.45, 7) is 3.71. The molecule has 2 N–H and O–H groups in total. The van der Waals surface area contributed by atoms with Crippen LogP contribution in [0.2, 0.25) is 0 Å². The topological polar surface area (TPSA) is 58.2 Å². The number of halogens is 1. The second kappa shape index (κ2) is 5.98. The monoisotopic (exact) mass is 238 g/mol. The highest BCUT2D eigenvalue weighted by Crippen LogP contribution is 2.07. The van der Waals surface area contributed by atoms with Crippen LogP contribution in [0.1, 0.15) is 20.3 Å². The summed E-state index contributed by atoms with van der Waals surface area (Å²) in [5.74, 6) is -1.84. The zero-order valence-electron chi connectivity index (χ0n) is 9.79. The number of rotatable bonds is 3. The van der Waals surface area contributed by atoms with Gasteiger partial charge in [-0.25, -0.2) is 4.39 Å². The highest BCUT2D eigenvalue weighted by Gasteiger charge is 2.15. The first-order valence-electron chi connectivity index (χ1n) is 5.40. The van der Waals surface area contributed by atoms with Gasteiger partial charge < -0.3 is 10.6 Å². The Labute approximate surface area is 99.2 Å². The Bertz CT molecular complexity index is 403. The van der Waals surface area contributed by atoms with Crippen molar-refractivity contribution in [2.75, 3.05) is 5.32 Å². The molecule has 5 heteroatoms. The van der Waals surface area contributed by atoms with Crippen LogP contribution < -0.4 is 10.6 Å².